The highest BCUT2D eigenvalue weighted by Crippen LogP contribution is 2.27. The maximum absolute atomic E-state index is 12.5. The predicted octanol–water partition coefficient (Wildman–Crippen LogP) is 2.55. The number of nitrogens with zero attached hydrogens (tertiary/aromatic N) is 1. The molecule has 0 atom stereocenters. The number of methoxy groups -OCH3 is 2. The summed E-state index contributed by atoms with van der Waals surface area (Å²) in [6, 6.07) is 5.24. The number of piperidine rings is 1. The lowest BCUT2D eigenvalue weighted by atomic mass is 10.1. The minimum Gasteiger partial charge on any atom is -0.497 e. The SMILES string of the molecule is COc1ccc(OC)c(C(=O)N2CCC(Cl)CC2)c1. The van der Waals surface area contributed by atoms with Gasteiger partial charge in [-0.2, -0.15) is 0 Å². The van der Waals surface area contributed by atoms with Crippen LogP contribution in [0.2, 0.25) is 0 Å². The molecule has 1 amide bonds. The van der Waals surface area contributed by atoms with Crippen LogP contribution in [0.5, 0.6) is 11.5 Å². The third kappa shape index (κ3) is 3.13. The molecule has 1 saturated heterocycles. The zero-order valence-electron chi connectivity index (χ0n) is 11.2. The lowest BCUT2D eigenvalue weighted by molar-refractivity contribution is 0.0722. The Morgan fingerprint density at radius 2 is 1.95 bits per heavy atom. The van der Waals surface area contributed by atoms with Crippen molar-refractivity contribution in [2.75, 3.05) is 27.3 Å². The van der Waals surface area contributed by atoms with Gasteiger partial charge in [-0.05, 0) is 31.0 Å². The first-order chi connectivity index (χ1) is 9.15. The first-order valence-electron chi connectivity index (χ1n) is 6.31. The Kier molecular flexibility index (Phi) is 4.53. The quantitative estimate of drug-likeness (QED) is 0.800. The van der Waals surface area contributed by atoms with Crippen molar-refractivity contribution in [3.8, 4) is 11.5 Å². The van der Waals surface area contributed by atoms with E-state index in [1.54, 1.807) is 32.4 Å². The number of ether oxygens (including phenoxy) is 2. The maximum Gasteiger partial charge on any atom is 0.257 e. The topological polar surface area (TPSA) is 38.8 Å². The number of carbonyl (C=O) groups is 1. The monoisotopic (exact) mass is 283 g/mol. The summed E-state index contributed by atoms with van der Waals surface area (Å²) in [4.78, 5) is 14.3. The number of benzene rings is 1. The molecular weight excluding hydrogens is 266 g/mol. The molecule has 4 nitrogen and oxygen atoms in total. The van der Waals surface area contributed by atoms with Gasteiger partial charge in [-0.25, -0.2) is 0 Å². The summed E-state index contributed by atoms with van der Waals surface area (Å²) in [7, 11) is 3.14. The average molecular weight is 284 g/mol. The van der Waals surface area contributed by atoms with Crippen molar-refractivity contribution in [2.45, 2.75) is 18.2 Å². The number of amides is 1. The molecule has 0 radical (unpaired) electrons. The van der Waals surface area contributed by atoms with Crippen LogP contribution in [0.25, 0.3) is 0 Å². The van der Waals surface area contributed by atoms with E-state index in [0.717, 1.165) is 12.8 Å². The fraction of sp³-hybridized carbons (Fsp3) is 0.500. The normalized spacial score (nSPS) is 16.3. The van der Waals surface area contributed by atoms with E-state index in [-0.39, 0.29) is 11.3 Å². The molecule has 1 aromatic carbocycles. The van der Waals surface area contributed by atoms with Crippen molar-refractivity contribution >= 4 is 17.5 Å². The maximum atomic E-state index is 12.5. The molecule has 1 heterocycles. The van der Waals surface area contributed by atoms with E-state index in [9.17, 15) is 4.79 Å². The van der Waals surface area contributed by atoms with Crippen molar-refractivity contribution in [3.05, 3.63) is 23.8 Å². The Balaban J connectivity index is 2.22. The summed E-state index contributed by atoms with van der Waals surface area (Å²) >= 11 is 6.06. The molecule has 0 aliphatic carbocycles. The fourth-order valence-electron chi connectivity index (χ4n) is 2.20. The Morgan fingerprint density at radius 1 is 1.26 bits per heavy atom. The van der Waals surface area contributed by atoms with Crippen LogP contribution in [0.15, 0.2) is 18.2 Å². The van der Waals surface area contributed by atoms with E-state index < -0.39 is 0 Å². The van der Waals surface area contributed by atoms with E-state index in [0.29, 0.717) is 30.2 Å². The summed E-state index contributed by atoms with van der Waals surface area (Å²) < 4.78 is 10.4. The minimum atomic E-state index is -0.0284. The van der Waals surface area contributed by atoms with Crippen molar-refractivity contribution in [2.24, 2.45) is 0 Å². The molecule has 104 valence electrons. The second-order valence-corrected chi connectivity index (χ2v) is 5.15. The summed E-state index contributed by atoms with van der Waals surface area (Å²) in [5, 5.41) is 0.177. The average Bonchev–Trinajstić information content (AvgIpc) is 2.46. The van der Waals surface area contributed by atoms with E-state index in [2.05, 4.69) is 0 Å². The first kappa shape index (κ1) is 14.0. The van der Waals surface area contributed by atoms with Gasteiger partial charge in [-0.1, -0.05) is 0 Å². The molecule has 1 aliphatic heterocycles. The predicted molar refractivity (Wildman–Crippen MR) is 74.3 cm³/mol. The second kappa shape index (κ2) is 6.15. The van der Waals surface area contributed by atoms with Gasteiger partial charge >= 0.3 is 0 Å². The van der Waals surface area contributed by atoms with Gasteiger partial charge in [0.2, 0.25) is 0 Å². The molecular formula is C14H18ClNO3. The highest BCUT2D eigenvalue weighted by atomic mass is 35.5. The van der Waals surface area contributed by atoms with Crippen LogP contribution in [0.4, 0.5) is 0 Å². The van der Waals surface area contributed by atoms with Crippen LogP contribution in [0, 0.1) is 0 Å². The Morgan fingerprint density at radius 3 is 2.53 bits per heavy atom. The van der Waals surface area contributed by atoms with E-state index >= 15 is 0 Å². The largest absolute Gasteiger partial charge is 0.497 e. The van der Waals surface area contributed by atoms with Crippen LogP contribution in [0.3, 0.4) is 0 Å². The highest BCUT2D eigenvalue weighted by molar-refractivity contribution is 6.20. The van der Waals surface area contributed by atoms with E-state index in [1.807, 2.05) is 4.90 Å². The fourth-order valence-corrected chi connectivity index (χ4v) is 2.40. The van der Waals surface area contributed by atoms with Gasteiger partial charge in [-0.3, -0.25) is 4.79 Å². The molecule has 0 unspecified atom stereocenters. The Bertz CT molecular complexity index is 456. The number of hydrogen-bond acceptors (Lipinski definition) is 3. The van der Waals surface area contributed by atoms with Gasteiger partial charge in [0.25, 0.3) is 5.91 Å². The molecule has 0 spiro atoms. The van der Waals surface area contributed by atoms with Crippen molar-refractivity contribution in [1.82, 2.24) is 4.90 Å². The van der Waals surface area contributed by atoms with Crippen molar-refractivity contribution < 1.29 is 14.3 Å². The third-order valence-corrected chi connectivity index (χ3v) is 3.79. The van der Waals surface area contributed by atoms with Crippen LogP contribution < -0.4 is 9.47 Å². The molecule has 2 rings (SSSR count). The number of carbonyl (C=O) groups excluding carboxylic acids is 1. The molecule has 1 aromatic rings. The molecule has 1 aliphatic rings. The van der Waals surface area contributed by atoms with Gasteiger partial charge in [0, 0.05) is 18.5 Å². The summed E-state index contributed by atoms with van der Waals surface area (Å²) in [5.74, 6) is 1.19. The zero-order valence-corrected chi connectivity index (χ0v) is 11.9. The van der Waals surface area contributed by atoms with Gasteiger partial charge in [0.1, 0.15) is 11.5 Å². The van der Waals surface area contributed by atoms with Gasteiger partial charge in [0.15, 0.2) is 0 Å². The number of hydrogen-bond donors (Lipinski definition) is 0. The van der Waals surface area contributed by atoms with Crippen LogP contribution in [0.1, 0.15) is 23.2 Å². The molecule has 0 saturated carbocycles. The number of rotatable bonds is 3. The lowest BCUT2D eigenvalue weighted by Gasteiger charge is -2.29. The summed E-state index contributed by atoms with van der Waals surface area (Å²) in [6.45, 7) is 1.38. The molecule has 5 heteroatoms. The van der Waals surface area contributed by atoms with Crippen LogP contribution >= 0.6 is 11.6 Å². The smallest absolute Gasteiger partial charge is 0.257 e. The Hall–Kier alpha value is -1.42. The highest BCUT2D eigenvalue weighted by Gasteiger charge is 2.24. The zero-order chi connectivity index (χ0) is 13.8. The molecule has 0 N–H and O–H groups in total. The molecule has 1 fully saturated rings. The van der Waals surface area contributed by atoms with Crippen LogP contribution in [-0.2, 0) is 0 Å². The van der Waals surface area contributed by atoms with Gasteiger partial charge in [0.05, 0.1) is 19.8 Å². The summed E-state index contributed by atoms with van der Waals surface area (Å²) in [5.41, 5.74) is 0.537. The molecule has 19 heavy (non-hydrogen) atoms. The number of halogens is 1. The second-order valence-electron chi connectivity index (χ2n) is 4.53. The molecule has 0 aromatic heterocycles. The van der Waals surface area contributed by atoms with E-state index in [1.165, 1.54) is 0 Å². The molecule has 0 bridgehead atoms. The van der Waals surface area contributed by atoms with Crippen molar-refractivity contribution in [1.29, 1.82) is 0 Å². The number of likely N-dealkylation sites (tertiary alicyclic amines) is 1. The van der Waals surface area contributed by atoms with Gasteiger partial charge < -0.3 is 14.4 Å². The standard InChI is InChI=1S/C14H18ClNO3/c1-18-11-3-4-13(19-2)12(9-11)14(17)16-7-5-10(15)6-8-16/h3-4,9-10H,5-8H2,1-2H3. The third-order valence-electron chi connectivity index (χ3n) is 3.35. The summed E-state index contributed by atoms with van der Waals surface area (Å²) in [6.07, 6.45) is 1.67. The first-order valence-corrected chi connectivity index (χ1v) is 6.74. The number of alkyl halides is 1. The van der Waals surface area contributed by atoms with Crippen molar-refractivity contribution in [3.63, 3.8) is 0 Å². The lowest BCUT2D eigenvalue weighted by Crippen LogP contribution is -2.38. The van der Waals surface area contributed by atoms with Crippen LogP contribution in [-0.4, -0.2) is 43.5 Å². The van der Waals surface area contributed by atoms with E-state index in [4.69, 9.17) is 21.1 Å². The minimum absolute atomic E-state index is 0.0284. The van der Waals surface area contributed by atoms with Gasteiger partial charge in [-0.15, -0.1) is 11.6 Å². The Labute approximate surface area is 118 Å².